The predicted molar refractivity (Wildman–Crippen MR) is 159 cm³/mol. The Kier molecular flexibility index (Phi) is 9.21. The van der Waals surface area contributed by atoms with Crippen molar-refractivity contribution in [3.63, 3.8) is 0 Å². The van der Waals surface area contributed by atoms with Gasteiger partial charge in [-0.1, -0.05) is 47.8 Å². The maximum absolute atomic E-state index is 12.9. The highest BCUT2D eigenvalue weighted by molar-refractivity contribution is 8.03. The standard InChI is InChI=1S/C30H27F3N4O4S2/c1-37(29(40)30(31,32)33)13-4-14-41-20-10-7-18(8-11-20)28-35-17-21(42-28)16-34-26(38)19-9-12-25-23(15-19)36-27(39)22-5-2-3-6-24(22)43-25/h2-3,5-12,15,17,28,35H,4,13-14,16H2,1H3,(H,34,38)(H,36,39). The number of nitrogens with zero attached hydrogens (tertiary/aromatic N) is 1. The van der Waals surface area contributed by atoms with Crippen molar-refractivity contribution in [1.82, 2.24) is 15.5 Å². The molecule has 1 unspecified atom stereocenters. The SMILES string of the molecule is CN(CCCOc1ccc(C2NC=C(CNC(=O)c3ccc4c(c3)NC(=O)c3ccccc3S4)S2)cc1)C(=O)C(F)(F)F. The van der Waals surface area contributed by atoms with Crippen LogP contribution in [-0.2, 0) is 4.79 Å². The number of thioether (sulfide) groups is 1. The van der Waals surface area contributed by atoms with Gasteiger partial charge >= 0.3 is 12.1 Å². The Morgan fingerprint density at radius 1 is 1.05 bits per heavy atom. The Morgan fingerprint density at radius 3 is 2.58 bits per heavy atom. The van der Waals surface area contributed by atoms with Gasteiger partial charge in [-0.2, -0.15) is 13.2 Å². The molecule has 0 saturated heterocycles. The van der Waals surface area contributed by atoms with E-state index in [9.17, 15) is 27.6 Å². The van der Waals surface area contributed by atoms with Crippen LogP contribution in [0, 0.1) is 0 Å². The minimum absolute atomic E-state index is 0.0654. The number of halogens is 3. The number of nitrogens with one attached hydrogen (secondary N) is 3. The number of alkyl halides is 3. The zero-order valence-electron chi connectivity index (χ0n) is 22.9. The first-order valence-corrected chi connectivity index (χ1v) is 15.0. The molecule has 0 fully saturated rings. The van der Waals surface area contributed by atoms with Crippen molar-refractivity contribution in [2.45, 2.75) is 27.8 Å². The molecule has 3 aromatic rings. The number of hydrogen-bond donors (Lipinski definition) is 3. The summed E-state index contributed by atoms with van der Waals surface area (Å²) >= 11 is 3.04. The second-order valence-electron chi connectivity index (χ2n) is 9.72. The first kappa shape index (κ1) is 30.4. The normalized spacial score (nSPS) is 15.7. The molecule has 0 aromatic heterocycles. The highest BCUT2D eigenvalue weighted by atomic mass is 32.2. The molecule has 2 aliphatic rings. The van der Waals surface area contributed by atoms with Crippen LogP contribution >= 0.6 is 23.5 Å². The second kappa shape index (κ2) is 13.0. The minimum atomic E-state index is -4.88. The molecule has 0 radical (unpaired) electrons. The van der Waals surface area contributed by atoms with Gasteiger partial charge in [0.2, 0.25) is 0 Å². The van der Waals surface area contributed by atoms with E-state index in [-0.39, 0.29) is 36.8 Å². The minimum Gasteiger partial charge on any atom is -0.494 e. The fraction of sp³-hybridized carbons (Fsp3) is 0.233. The Bertz CT molecular complexity index is 1560. The summed E-state index contributed by atoms with van der Waals surface area (Å²) in [6.07, 6.45) is -2.77. The third-order valence-corrected chi connectivity index (χ3v) is 8.97. The van der Waals surface area contributed by atoms with E-state index in [2.05, 4.69) is 16.0 Å². The topological polar surface area (TPSA) is 99.8 Å². The van der Waals surface area contributed by atoms with Crippen molar-refractivity contribution in [3.8, 4) is 5.75 Å². The molecule has 224 valence electrons. The van der Waals surface area contributed by atoms with Gasteiger partial charge in [-0.15, -0.1) is 0 Å². The summed E-state index contributed by atoms with van der Waals surface area (Å²) in [7, 11) is 1.11. The quantitative estimate of drug-likeness (QED) is 0.258. The maximum atomic E-state index is 12.9. The van der Waals surface area contributed by atoms with Gasteiger partial charge in [-0.05, 0) is 54.4 Å². The van der Waals surface area contributed by atoms with Crippen LogP contribution < -0.4 is 20.7 Å². The molecule has 0 bridgehead atoms. The summed E-state index contributed by atoms with van der Waals surface area (Å²) in [6, 6.07) is 19.9. The molecule has 3 aromatic carbocycles. The first-order valence-electron chi connectivity index (χ1n) is 13.3. The Hall–Kier alpha value is -4.10. The van der Waals surface area contributed by atoms with E-state index in [0.29, 0.717) is 34.0 Å². The van der Waals surface area contributed by atoms with E-state index in [1.54, 1.807) is 42.1 Å². The van der Waals surface area contributed by atoms with Gasteiger partial charge in [0, 0.05) is 40.1 Å². The largest absolute Gasteiger partial charge is 0.494 e. The number of rotatable bonds is 9. The predicted octanol–water partition coefficient (Wildman–Crippen LogP) is 5.80. The summed E-state index contributed by atoms with van der Waals surface area (Å²) < 4.78 is 43.0. The summed E-state index contributed by atoms with van der Waals surface area (Å²) in [5.41, 5.74) is 2.60. The van der Waals surface area contributed by atoms with Crippen LogP contribution in [0.4, 0.5) is 18.9 Å². The zero-order valence-corrected chi connectivity index (χ0v) is 24.5. The highest BCUT2D eigenvalue weighted by Crippen LogP contribution is 2.39. The fourth-order valence-electron chi connectivity index (χ4n) is 4.37. The van der Waals surface area contributed by atoms with E-state index < -0.39 is 12.1 Å². The van der Waals surface area contributed by atoms with E-state index in [1.807, 2.05) is 42.6 Å². The molecule has 1 atom stereocenters. The van der Waals surface area contributed by atoms with Crippen LogP contribution in [0.5, 0.6) is 5.75 Å². The molecule has 0 spiro atoms. The van der Waals surface area contributed by atoms with Crippen molar-refractivity contribution in [2.75, 3.05) is 32.1 Å². The smallest absolute Gasteiger partial charge is 0.471 e. The average molecular weight is 629 g/mol. The number of carbonyl (C=O) groups excluding carboxylic acids is 3. The monoisotopic (exact) mass is 628 g/mol. The van der Waals surface area contributed by atoms with Crippen LogP contribution in [0.2, 0.25) is 0 Å². The third-order valence-electron chi connectivity index (χ3n) is 6.61. The third kappa shape index (κ3) is 7.46. The molecule has 2 aliphatic heterocycles. The molecule has 0 saturated carbocycles. The number of carbonyl (C=O) groups is 3. The summed E-state index contributed by atoms with van der Waals surface area (Å²) in [6.45, 7) is 0.420. The Labute approximate surface area is 254 Å². The molecule has 43 heavy (non-hydrogen) atoms. The van der Waals surface area contributed by atoms with Crippen LogP contribution in [0.25, 0.3) is 0 Å². The Balaban J connectivity index is 1.07. The van der Waals surface area contributed by atoms with Gasteiger partial charge in [0.1, 0.15) is 11.1 Å². The van der Waals surface area contributed by atoms with E-state index >= 15 is 0 Å². The van der Waals surface area contributed by atoms with Gasteiger partial charge in [0.25, 0.3) is 11.8 Å². The van der Waals surface area contributed by atoms with Crippen molar-refractivity contribution in [2.24, 2.45) is 0 Å². The summed E-state index contributed by atoms with van der Waals surface area (Å²) in [5.74, 6) is -1.78. The lowest BCUT2D eigenvalue weighted by molar-refractivity contribution is -0.184. The zero-order chi connectivity index (χ0) is 30.6. The molecule has 3 N–H and O–H groups in total. The van der Waals surface area contributed by atoms with E-state index in [1.165, 1.54) is 11.8 Å². The van der Waals surface area contributed by atoms with Gasteiger partial charge in [0.05, 0.1) is 24.4 Å². The number of benzene rings is 3. The molecular weight excluding hydrogens is 601 g/mol. The molecular formula is C30H27F3N4O4S2. The van der Waals surface area contributed by atoms with Crippen LogP contribution in [0.1, 0.15) is 38.1 Å². The van der Waals surface area contributed by atoms with E-state index in [0.717, 1.165) is 27.3 Å². The van der Waals surface area contributed by atoms with Crippen LogP contribution in [0.15, 0.2) is 87.6 Å². The molecule has 0 aliphatic carbocycles. The molecule has 13 heteroatoms. The van der Waals surface area contributed by atoms with Gasteiger partial charge < -0.3 is 25.6 Å². The van der Waals surface area contributed by atoms with Gasteiger partial charge in [-0.3, -0.25) is 14.4 Å². The molecule has 8 nitrogen and oxygen atoms in total. The van der Waals surface area contributed by atoms with Gasteiger partial charge in [0.15, 0.2) is 0 Å². The van der Waals surface area contributed by atoms with Crippen molar-refractivity contribution < 1.29 is 32.3 Å². The first-order chi connectivity index (χ1) is 20.6. The number of ether oxygens (including phenoxy) is 1. The molecule has 3 amide bonds. The molecule has 2 heterocycles. The lowest BCUT2D eigenvalue weighted by atomic mass is 10.1. The van der Waals surface area contributed by atoms with Crippen LogP contribution in [-0.4, -0.2) is 55.5 Å². The molecule has 5 rings (SSSR count). The summed E-state index contributed by atoms with van der Waals surface area (Å²) in [4.78, 5) is 40.0. The van der Waals surface area contributed by atoms with Crippen LogP contribution in [0.3, 0.4) is 0 Å². The van der Waals surface area contributed by atoms with Crippen molar-refractivity contribution in [1.29, 1.82) is 0 Å². The number of amides is 3. The van der Waals surface area contributed by atoms with Crippen molar-refractivity contribution in [3.05, 3.63) is 94.5 Å². The fourth-order valence-corrected chi connectivity index (χ4v) is 6.41. The van der Waals surface area contributed by atoms with E-state index in [4.69, 9.17) is 4.74 Å². The summed E-state index contributed by atoms with van der Waals surface area (Å²) in [5, 5.41) is 9.05. The Morgan fingerprint density at radius 2 is 1.81 bits per heavy atom. The maximum Gasteiger partial charge on any atom is 0.471 e. The number of hydrogen-bond acceptors (Lipinski definition) is 7. The second-order valence-corrected chi connectivity index (χ2v) is 12.0. The number of fused-ring (bicyclic) bond motifs is 2. The lowest BCUT2D eigenvalue weighted by Crippen LogP contribution is -2.39. The number of anilines is 1. The van der Waals surface area contributed by atoms with Gasteiger partial charge in [-0.25, -0.2) is 0 Å². The van der Waals surface area contributed by atoms with Crippen molar-refractivity contribution >= 4 is 46.9 Å². The lowest BCUT2D eigenvalue weighted by Gasteiger charge is -2.18. The average Bonchev–Trinajstić information content (AvgIpc) is 3.42. The highest BCUT2D eigenvalue weighted by Gasteiger charge is 2.40.